The predicted octanol–water partition coefficient (Wildman–Crippen LogP) is 1.99. The van der Waals surface area contributed by atoms with E-state index < -0.39 is 0 Å². The van der Waals surface area contributed by atoms with E-state index in [1.54, 1.807) is 0 Å². The molecule has 0 spiro atoms. The molecule has 1 aromatic carbocycles. The standard InChI is InChI=1S/C13H15N3O2/c1-9(11-6-15-16-7-11)14-5-10-3-2-4-12-13(10)18-8-17-12/h2-4,6-7,9,14H,5,8H2,1H3,(H,15,16). The third kappa shape index (κ3) is 2.04. The third-order valence-electron chi connectivity index (χ3n) is 3.10. The van der Waals surface area contributed by atoms with Crippen LogP contribution in [0.15, 0.2) is 30.6 Å². The van der Waals surface area contributed by atoms with Gasteiger partial charge in [0.05, 0.1) is 6.20 Å². The van der Waals surface area contributed by atoms with Gasteiger partial charge in [-0.2, -0.15) is 5.10 Å². The van der Waals surface area contributed by atoms with Crippen molar-refractivity contribution in [2.24, 2.45) is 0 Å². The van der Waals surface area contributed by atoms with Crippen molar-refractivity contribution < 1.29 is 9.47 Å². The normalized spacial score (nSPS) is 14.7. The summed E-state index contributed by atoms with van der Waals surface area (Å²) in [7, 11) is 0. The van der Waals surface area contributed by atoms with Crippen LogP contribution in [0.4, 0.5) is 0 Å². The van der Waals surface area contributed by atoms with E-state index in [2.05, 4.69) is 22.4 Å². The summed E-state index contributed by atoms with van der Waals surface area (Å²) in [5, 5.41) is 10.2. The molecule has 3 rings (SSSR count). The van der Waals surface area contributed by atoms with Crippen LogP contribution in [0.5, 0.6) is 11.5 Å². The fourth-order valence-corrected chi connectivity index (χ4v) is 2.01. The summed E-state index contributed by atoms with van der Waals surface area (Å²) in [5.41, 5.74) is 2.25. The summed E-state index contributed by atoms with van der Waals surface area (Å²) < 4.78 is 10.8. The molecule has 94 valence electrons. The van der Waals surface area contributed by atoms with Gasteiger partial charge in [-0.3, -0.25) is 5.10 Å². The first-order valence-corrected chi connectivity index (χ1v) is 5.94. The average molecular weight is 245 g/mol. The van der Waals surface area contributed by atoms with Crippen LogP contribution in [0.3, 0.4) is 0 Å². The van der Waals surface area contributed by atoms with Gasteiger partial charge in [0.2, 0.25) is 6.79 Å². The maximum absolute atomic E-state index is 5.47. The van der Waals surface area contributed by atoms with Crippen LogP contribution in [0.1, 0.15) is 24.1 Å². The summed E-state index contributed by atoms with van der Waals surface area (Å²) in [6, 6.07) is 6.18. The van der Waals surface area contributed by atoms with Crippen molar-refractivity contribution >= 4 is 0 Å². The summed E-state index contributed by atoms with van der Waals surface area (Å²) in [6.45, 7) is 3.15. The molecule has 0 aliphatic carbocycles. The van der Waals surface area contributed by atoms with E-state index >= 15 is 0 Å². The van der Waals surface area contributed by atoms with Crippen LogP contribution >= 0.6 is 0 Å². The van der Waals surface area contributed by atoms with E-state index in [4.69, 9.17) is 9.47 Å². The van der Waals surface area contributed by atoms with Crippen molar-refractivity contribution in [2.75, 3.05) is 6.79 Å². The predicted molar refractivity (Wildman–Crippen MR) is 66.4 cm³/mol. The number of benzene rings is 1. The molecule has 0 saturated carbocycles. The van der Waals surface area contributed by atoms with Gasteiger partial charge in [0.15, 0.2) is 11.5 Å². The maximum atomic E-state index is 5.47. The van der Waals surface area contributed by atoms with E-state index in [0.717, 1.165) is 29.2 Å². The molecular weight excluding hydrogens is 230 g/mol. The molecule has 18 heavy (non-hydrogen) atoms. The van der Waals surface area contributed by atoms with Gasteiger partial charge in [-0.25, -0.2) is 0 Å². The number of hydrogen-bond donors (Lipinski definition) is 2. The highest BCUT2D eigenvalue weighted by molar-refractivity contribution is 5.48. The molecule has 0 fully saturated rings. The summed E-state index contributed by atoms with van der Waals surface area (Å²) in [6.07, 6.45) is 3.72. The highest BCUT2D eigenvalue weighted by Gasteiger charge is 2.17. The Morgan fingerprint density at radius 3 is 3.22 bits per heavy atom. The van der Waals surface area contributed by atoms with Gasteiger partial charge in [0.25, 0.3) is 0 Å². The monoisotopic (exact) mass is 245 g/mol. The van der Waals surface area contributed by atoms with Crippen molar-refractivity contribution in [1.29, 1.82) is 0 Å². The highest BCUT2D eigenvalue weighted by atomic mass is 16.7. The highest BCUT2D eigenvalue weighted by Crippen LogP contribution is 2.35. The van der Waals surface area contributed by atoms with Gasteiger partial charge >= 0.3 is 0 Å². The number of nitrogens with one attached hydrogen (secondary N) is 2. The van der Waals surface area contributed by atoms with Gasteiger partial charge in [-0.15, -0.1) is 0 Å². The first-order chi connectivity index (χ1) is 8.84. The van der Waals surface area contributed by atoms with Gasteiger partial charge < -0.3 is 14.8 Å². The topological polar surface area (TPSA) is 59.2 Å². The first-order valence-electron chi connectivity index (χ1n) is 5.94. The average Bonchev–Trinajstić information content (AvgIpc) is 3.05. The lowest BCUT2D eigenvalue weighted by atomic mass is 10.1. The minimum atomic E-state index is 0.238. The SMILES string of the molecule is CC(NCc1cccc2c1OCO2)c1cn[nH]c1. The van der Waals surface area contributed by atoms with Crippen LogP contribution in [-0.2, 0) is 6.54 Å². The molecule has 1 aromatic heterocycles. The molecule has 1 aliphatic heterocycles. The lowest BCUT2D eigenvalue weighted by Crippen LogP contribution is -2.17. The minimum Gasteiger partial charge on any atom is -0.454 e. The second-order valence-electron chi connectivity index (χ2n) is 4.29. The number of nitrogens with zero attached hydrogens (tertiary/aromatic N) is 1. The van der Waals surface area contributed by atoms with Crippen LogP contribution in [-0.4, -0.2) is 17.0 Å². The molecule has 2 aromatic rings. The fraction of sp³-hybridized carbons (Fsp3) is 0.308. The lowest BCUT2D eigenvalue weighted by Gasteiger charge is -2.13. The molecule has 1 unspecified atom stereocenters. The van der Waals surface area contributed by atoms with E-state index in [1.807, 2.05) is 30.6 Å². The van der Waals surface area contributed by atoms with Gasteiger partial charge in [0, 0.05) is 29.9 Å². The Kier molecular flexibility index (Phi) is 2.90. The number of hydrogen-bond acceptors (Lipinski definition) is 4. The van der Waals surface area contributed by atoms with E-state index in [1.165, 1.54) is 0 Å². The van der Waals surface area contributed by atoms with Crippen LogP contribution in [0, 0.1) is 0 Å². The number of fused-ring (bicyclic) bond motifs is 1. The fourth-order valence-electron chi connectivity index (χ4n) is 2.01. The zero-order valence-electron chi connectivity index (χ0n) is 10.1. The Hall–Kier alpha value is -2.01. The van der Waals surface area contributed by atoms with Crippen molar-refractivity contribution in [3.05, 3.63) is 41.7 Å². The molecule has 2 N–H and O–H groups in total. The molecule has 5 heteroatoms. The Morgan fingerprint density at radius 2 is 2.39 bits per heavy atom. The number of ether oxygens (including phenoxy) is 2. The summed E-state index contributed by atoms with van der Waals surface area (Å²) in [5.74, 6) is 1.68. The largest absolute Gasteiger partial charge is 0.454 e. The number of aromatic nitrogens is 2. The second-order valence-corrected chi connectivity index (χ2v) is 4.29. The molecule has 0 amide bonds. The van der Waals surface area contributed by atoms with E-state index in [9.17, 15) is 0 Å². The number of para-hydroxylation sites is 1. The van der Waals surface area contributed by atoms with Crippen molar-refractivity contribution in [3.63, 3.8) is 0 Å². The smallest absolute Gasteiger partial charge is 0.231 e. The number of rotatable bonds is 4. The van der Waals surface area contributed by atoms with Crippen molar-refractivity contribution in [1.82, 2.24) is 15.5 Å². The van der Waals surface area contributed by atoms with Crippen molar-refractivity contribution in [3.8, 4) is 11.5 Å². The lowest BCUT2D eigenvalue weighted by molar-refractivity contribution is 0.173. The van der Waals surface area contributed by atoms with E-state index in [0.29, 0.717) is 6.79 Å². The zero-order chi connectivity index (χ0) is 12.4. The molecule has 0 saturated heterocycles. The molecule has 5 nitrogen and oxygen atoms in total. The van der Waals surface area contributed by atoms with Crippen LogP contribution < -0.4 is 14.8 Å². The Morgan fingerprint density at radius 1 is 1.44 bits per heavy atom. The van der Waals surface area contributed by atoms with Crippen LogP contribution in [0.25, 0.3) is 0 Å². The molecular formula is C13H15N3O2. The molecule has 0 bridgehead atoms. The maximum Gasteiger partial charge on any atom is 0.231 e. The first kappa shape index (κ1) is 11.1. The third-order valence-corrected chi connectivity index (χ3v) is 3.10. The second kappa shape index (κ2) is 4.70. The Bertz CT molecular complexity index is 525. The van der Waals surface area contributed by atoms with Gasteiger partial charge in [-0.05, 0) is 13.0 Å². The van der Waals surface area contributed by atoms with Crippen LogP contribution in [0.2, 0.25) is 0 Å². The molecule has 1 atom stereocenters. The van der Waals surface area contributed by atoms with Gasteiger partial charge in [0.1, 0.15) is 0 Å². The number of H-pyrrole nitrogens is 1. The summed E-state index contributed by atoms with van der Waals surface area (Å²) >= 11 is 0. The Labute approximate surface area is 105 Å². The van der Waals surface area contributed by atoms with E-state index in [-0.39, 0.29) is 6.04 Å². The number of aromatic amines is 1. The molecule has 1 aliphatic rings. The summed E-state index contributed by atoms with van der Waals surface area (Å²) in [4.78, 5) is 0. The quantitative estimate of drug-likeness (QED) is 0.864. The minimum absolute atomic E-state index is 0.238. The Balaban J connectivity index is 1.69. The van der Waals surface area contributed by atoms with Gasteiger partial charge in [-0.1, -0.05) is 12.1 Å². The van der Waals surface area contributed by atoms with Crippen molar-refractivity contribution in [2.45, 2.75) is 19.5 Å². The molecule has 0 radical (unpaired) electrons. The zero-order valence-corrected chi connectivity index (χ0v) is 10.1. The molecule has 2 heterocycles.